The summed E-state index contributed by atoms with van der Waals surface area (Å²) in [7, 11) is 0. The van der Waals surface area contributed by atoms with Crippen molar-refractivity contribution in [2.24, 2.45) is 0 Å². The third kappa shape index (κ3) is 2.19. The Morgan fingerprint density at radius 1 is 1.75 bits per heavy atom. The van der Waals surface area contributed by atoms with E-state index < -0.39 is 12.0 Å². The molecule has 5 nitrogen and oxygen atoms in total. The van der Waals surface area contributed by atoms with Gasteiger partial charge in [-0.3, -0.25) is 4.79 Å². The topological polar surface area (TPSA) is 75.1 Å². The molecular formula is C7H9N3O2. The van der Waals surface area contributed by atoms with E-state index in [2.05, 4.69) is 15.3 Å². The van der Waals surface area contributed by atoms with Gasteiger partial charge < -0.3 is 10.4 Å². The Kier molecular flexibility index (Phi) is 2.57. The molecule has 1 atom stereocenters. The summed E-state index contributed by atoms with van der Waals surface area (Å²) >= 11 is 0. The summed E-state index contributed by atoms with van der Waals surface area (Å²) in [6.07, 6.45) is 2.90. The van der Waals surface area contributed by atoms with Gasteiger partial charge in [0.15, 0.2) is 0 Å². The molecule has 0 saturated carbocycles. The zero-order valence-corrected chi connectivity index (χ0v) is 6.56. The highest BCUT2D eigenvalue weighted by Crippen LogP contribution is 2.00. The Morgan fingerprint density at radius 2 is 2.50 bits per heavy atom. The number of nitrogens with zero attached hydrogens (tertiary/aromatic N) is 2. The average molecular weight is 167 g/mol. The van der Waals surface area contributed by atoms with Crippen LogP contribution in [0.25, 0.3) is 0 Å². The molecule has 0 amide bonds. The molecule has 0 spiro atoms. The Bertz CT molecular complexity index is 263. The minimum absolute atomic E-state index is 0.514. The number of anilines is 1. The van der Waals surface area contributed by atoms with Gasteiger partial charge in [-0.05, 0) is 13.0 Å². The minimum Gasteiger partial charge on any atom is -0.480 e. The van der Waals surface area contributed by atoms with Crippen molar-refractivity contribution in [2.75, 3.05) is 5.32 Å². The largest absolute Gasteiger partial charge is 0.480 e. The molecular weight excluding hydrogens is 158 g/mol. The third-order valence-electron chi connectivity index (χ3n) is 1.32. The number of nitrogens with one attached hydrogen (secondary N) is 1. The first kappa shape index (κ1) is 8.45. The number of carboxylic acids is 1. The third-order valence-corrected chi connectivity index (χ3v) is 1.32. The predicted molar refractivity (Wildman–Crippen MR) is 42.8 cm³/mol. The lowest BCUT2D eigenvalue weighted by Crippen LogP contribution is -2.25. The van der Waals surface area contributed by atoms with Gasteiger partial charge in [0, 0.05) is 6.20 Å². The van der Waals surface area contributed by atoms with Crippen LogP contribution >= 0.6 is 0 Å². The molecule has 0 aromatic carbocycles. The Labute approximate surface area is 69.5 Å². The fourth-order valence-electron chi connectivity index (χ4n) is 0.660. The lowest BCUT2D eigenvalue weighted by Gasteiger charge is -2.08. The summed E-state index contributed by atoms with van der Waals surface area (Å²) in [6.45, 7) is 1.55. The second kappa shape index (κ2) is 3.66. The van der Waals surface area contributed by atoms with Crippen molar-refractivity contribution in [2.45, 2.75) is 13.0 Å². The van der Waals surface area contributed by atoms with Crippen LogP contribution in [0.2, 0.25) is 0 Å². The molecule has 0 fully saturated rings. The molecule has 0 aliphatic heterocycles. The van der Waals surface area contributed by atoms with E-state index in [0.29, 0.717) is 5.82 Å². The Balaban J connectivity index is 2.58. The van der Waals surface area contributed by atoms with Gasteiger partial charge in [-0.25, -0.2) is 9.97 Å². The van der Waals surface area contributed by atoms with Crippen LogP contribution in [0.15, 0.2) is 18.6 Å². The van der Waals surface area contributed by atoms with E-state index in [1.807, 2.05) is 0 Å². The van der Waals surface area contributed by atoms with Gasteiger partial charge in [-0.15, -0.1) is 0 Å². The van der Waals surface area contributed by atoms with Gasteiger partial charge in [0.1, 0.15) is 18.2 Å². The monoisotopic (exact) mass is 167 g/mol. The van der Waals surface area contributed by atoms with Crippen LogP contribution in [0.3, 0.4) is 0 Å². The van der Waals surface area contributed by atoms with Crippen LogP contribution < -0.4 is 5.32 Å². The second-order valence-corrected chi connectivity index (χ2v) is 2.30. The average Bonchev–Trinajstić information content (AvgIpc) is 2.06. The molecule has 0 saturated heterocycles. The fourth-order valence-corrected chi connectivity index (χ4v) is 0.660. The van der Waals surface area contributed by atoms with Crippen LogP contribution in [0.1, 0.15) is 6.92 Å². The molecule has 64 valence electrons. The maximum absolute atomic E-state index is 10.4. The van der Waals surface area contributed by atoms with Gasteiger partial charge in [0.05, 0.1) is 0 Å². The molecule has 1 unspecified atom stereocenters. The number of aromatic nitrogens is 2. The van der Waals surface area contributed by atoms with Gasteiger partial charge in [-0.2, -0.15) is 0 Å². The first-order valence-electron chi connectivity index (χ1n) is 3.45. The molecule has 0 radical (unpaired) electrons. The van der Waals surface area contributed by atoms with E-state index in [-0.39, 0.29) is 0 Å². The lowest BCUT2D eigenvalue weighted by molar-refractivity contribution is -0.137. The van der Waals surface area contributed by atoms with Crippen LogP contribution in [-0.2, 0) is 4.79 Å². The number of carboxylic acid groups (broad SMARTS) is 1. The quantitative estimate of drug-likeness (QED) is 0.679. The summed E-state index contributed by atoms with van der Waals surface area (Å²) in [5.41, 5.74) is 0. The zero-order valence-electron chi connectivity index (χ0n) is 6.56. The summed E-state index contributed by atoms with van der Waals surface area (Å²) in [4.78, 5) is 17.9. The summed E-state index contributed by atoms with van der Waals surface area (Å²) < 4.78 is 0. The Morgan fingerprint density at radius 3 is 3.00 bits per heavy atom. The molecule has 5 heteroatoms. The molecule has 0 aliphatic carbocycles. The van der Waals surface area contributed by atoms with Gasteiger partial charge in [0.2, 0.25) is 0 Å². The van der Waals surface area contributed by atoms with E-state index in [1.54, 1.807) is 19.2 Å². The number of hydrogen-bond acceptors (Lipinski definition) is 4. The second-order valence-electron chi connectivity index (χ2n) is 2.30. The number of aliphatic carboxylic acids is 1. The molecule has 1 rings (SSSR count). The maximum Gasteiger partial charge on any atom is 0.325 e. The maximum atomic E-state index is 10.4. The zero-order chi connectivity index (χ0) is 8.97. The smallest absolute Gasteiger partial charge is 0.325 e. The Hall–Kier alpha value is -1.65. The van der Waals surface area contributed by atoms with Crippen molar-refractivity contribution >= 4 is 11.8 Å². The standard InChI is InChI=1S/C7H9N3O2/c1-5(7(11)12)10-6-2-3-8-4-9-6/h2-5H,1H3,(H,11,12)(H,8,9,10). The van der Waals surface area contributed by atoms with Crippen molar-refractivity contribution in [3.63, 3.8) is 0 Å². The van der Waals surface area contributed by atoms with Crippen LogP contribution in [-0.4, -0.2) is 27.1 Å². The predicted octanol–water partition coefficient (Wildman–Crippen LogP) is 0.362. The molecule has 2 N–H and O–H groups in total. The lowest BCUT2D eigenvalue weighted by atomic mass is 10.3. The van der Waals surface area contributed by atoms with Crippen molar-refractivity contribution < 1.29 is 9.90 Å². The minimum atomic E-state index is -0.909. The van der Waals surface area contributed by atoms with Crippen LogP contribution in [0.4, 0.5) is 5.82 Å². The fraction of sp³-hybridized carbons (Fsp3) is 0.286. The highest BCUT2D eigenvalue weighted by Gasteiger charge is 2.09. The van der Waals surface area contributed by atoms with Gasteiger partial charge >= 0.3 is 5.97 Å². The highest BCUT2D eigenvalue weighted by atomic mass is 16.4. The van der Waals surface area contributed by atoms with Crippen molar-refractivity contribution in [3.05, 3.63) is 18.6 Å². The van der Waals surface area contributed by atoms with E-state index >= 15 is 0 Å². The molecule has 12 heavy (non-hydrogen) atoms. The van der Waals surface area contributed by atoms with E-state index in [1.165, 1.54) is 6.33 Å². The van der Waals surface area contributed by atoms with Crippen LogP contribution in [0.5, 0.6) is 0 Å². The highest BCUT2D eigenvalue weighted by molar-refractivity contribution is 5.76. The normalized spacial score (nSPS) is 12.1. The van der Waals surface area contributed by atoms with E-state index in [4.69, 9.17) is 5.11 Å². The van der Waals surface area contributed by atoms with E-state index in [9.17, 15) is 4.79 Å². The molecule has 1 aromatic rings. The van der Waals surface area contributed by atoms with Gasteiger partial charge in [-0.1, -0.05) is 0 Å². The van der Waals surface area contributed by atoms with E-state index in [0.717, 1.165) is 0 Å². The van der Waals surface area contributed by atoms with Crippen LogP contribution in [0, 0.1) is 0 Å². The summed E-state index contributed by atoms with van der Waals surface area (Å²) in [5, 5.41) is 11.2. The summed E-state index contributed by atoms with van der Waals surface area (Å²) in [6, 6.07) is 0.972. The first-order valence-corrected chi connectivity index (χ1v) is 3.45. The number of rotatable bonds is 3. The number of carbonyl (C=O) groups is 1. The molecule has 1 aromatic heterocycles. The summed E-state index contributed by atoms with van der Waals surface area (Å²) in [5.74, 6) is -0.395. The van der Waals surface area contributed by atoms with Crippen molar-refractivity contribution in [3.8, 4) is 0 Å². The molecule has 0 aliphatic rings. The molecule has 1 heterocycles. The van der Waals surface area contributed by atoms with Crippen molar-refractivity contribution in [1.82, 2.24) is 9.97 Å². The van der Waals surface area contributed by atoms with Gasteiger partial charge in [0.25, 0.3) is 0 Å². The number of hydrogen-bond donors (Lipinski definition) is 2. The molecule has 0 bridgehead atoms. The first-order chi connectivity index (χ1) is 5.70. The SMILES string of the molecule is CC(Nc1ccncn1)C(=O)O. The van der Waals surface area contributed by atoms with Crippen molar-refractivity contribution in [1.29, 1.82) is 0 Å².